The Morgan fingerprint density at radius 2 is 2.09 bits per heavy atom. The fourth-order valence-electron chi connectivity index (χ4n) is 1.96. The highest BCUT2D eigenvalue weighted by Gasteiger charge is 2.39. The Morgan fingerprint density at radius 3 is 2.59 bits per heavy atom. The van der Waals surface area contributed by atoms with Gasteiger partial charge < -0.3 is 24.6 Å². The molecule has 2 rings (SSSR count). The van der Waals surface area contributed by atoms with Crippen LogP contribution in [0.4, 0.5) is 10.5 Å². The molecule has 0 bridgehead atoms. The molecule has 1 aromatic rings. The molecule has 2 amide bonds. The molecule has 3 N–H and O–H groups in total. The van der Waals surface area contributed by atoms with E-state index in [4.69, 9.17) is 9.47 Å². The molecule has 0 unspecified atom stereocenters. The van der Waals surface area contributed by atoms with Crippen molar-refractivity contribution >= 4 is 17.7 Å². The van der Waals surface area contributed by atoms with Gasteiger partial charge in [-0.25, -0.2) is 4.79 Å². The average molecular weight is 310 g/mol. The number of amides is 2. The lowest BCUT2D eigenvalue weighted by molar-refractivity contribution is -0.0919. The zero-order valence-electron chi connectivity index (χ0n) is 12.3. The van der Waals surface area contributed by atoms with Crippen LogP contribution in [0.3, 0.4) is 0 Å². The maximum Gasteiger partial charge on any atom is 0.411 e. The second-order valence-corrected chi connectivity index (χ2v) is 4.92. The summed E-state index contributed by atoms with van der Waals surface area (Å²) < 4.78 is 14.7. The third-order valence-electron chi connectivity index (χ3n) is 3.32. The molecule has 0 radical (unpaired) electrons. The Hall–Kier alpha value is -2.32. The van der Waals surface area contributed by atoms with Crippen LogP contribution in [-0.4, -0.2) is 56.7 Å². The van der Waals surface area contributed by atoms with E-state index in [0.717, 1.165) is 0 Å². The lowest BCUT2D eigenvalue weighted by Gasteiger charge is -2.40. The summed E-state index contributed by atoms with van der Waals surface area (Å²) in [5.41, 5.74) is -0.00508. The summed E-state index contributed by atoms with van der Waals surface area (Å²) in [6, 6.07) is 4.56. The van der Waals surface area contributed by atoms with Gasteiger partial charge in [-0.3, -0.25) is 10.1 Å². The highest BCUT2D eigenvalue weighted by atomic mass is 16.5. The zero-order chi connectivity index (χ0) is 16.2. The summed E-state index contributed by atoms with van der Waals surface area (Å²) in [6.07, 6.45) is -0.638. The van der Waals surface area contributed by atoms with Crippen LogP contribution in [0, 0.1) is 0 Å². The second kappa shape index (κ2) is 6.63. The third kappa shape index (κ3) is 3.29. The Kier molecular flexibility index (Phi) is 4.84. The Labute approximate surface area is 127 Å². The molecule has 1 fully saturated rings. The number of nitrogens with one attached hydrogen (secondary N) is 2. The number of hydrogen-bond donors (Lipinski definition) is 3. The van der Waals surface area contributed by atoms with E-state index in [0.29, 0.717) is 17.0 Å². The minimum atomic E-state index is -0.729. The number of methoxy groups -OCH3 is 2. The number of aliphatic hydroxyl groups excluding tert-OH is 1. The van der Waals surface area contributed by atoms with Gasteiger partial charge in [0.05, 0.1) is 39.7 Å². The molecule has 1 aliphatic heterocycles. The first kappa shape index (κ1) is 16.1. The fraction of sp³-hybridized carbons (Fsp3) is 0.429. The molecule has 0 aromatic heterocycles. The van der Waals surface area contributed by atoms with Crippen LogP contribution in [0.25, 0.3) is 0 Å². The summed E-state index contributed by atoms with van der Waals surface area (Å²) in [5, 5.41) is 14.5. The monoisotopic (exact) mass is 310 g/mol. The molecule has 1 aromatic carbocycles. The molecular formula is C14H18N2O6. The SMILES string of the molecule is COC(=O)Nc1ccc(C(=O)NC2(CO)COC2)cc1OC. The minimum absolute atomic E-state index is 0.197. The predicted molar refractivity (Wildman–Crippen MR) is 77.1 cm³/mol. The first-order valence-electron chi connectivity index (χ1n) is 6.58. The fourth-order valence-corrected chi connectivity index (χ4v) is 1.96. The van der Waals surface area contributed by atoms with E-state index in [1.807, 2.05) is 0 Å². The van der Waals surface area contributed by atoms with Gasteiger partial charge in [0.25, 0.3) is 5.91 Å². The average Bonchev–Trinajstić information content (AvgIpc) is 2.50. The number of ether oxygens (including phenoxy) is 3. The van der Waals surface area contributed by atoms with Crippen molar-refractivity contribution in [2.45, 2.75) is 5.54 Å². The quantitative estimate of drug-likeness (QED) is 0.725. The third-order valence-corrected chi connectivity index (χ3v) is 3.32. The van der Waals surface area contributed by atoms with Crippen LogP contribution in [0.1, 0.15) is 10.4 Å². The molecule has 1 heterocycles. The molecule has 0 atom stereocenters. The minimum Gasteiger partial charge on any atom is -0.495 e. The van der Waals surface area contributed by atoms with Gasteiger partial charge >= 0.3 is 6.09 Å². The van der Waals surface area contributed by atoms with E-state index in [9.17, 15) is 14.7 Å². The molecule has 8 heteroatoms. The number of aliphatic hydroxyl groups is 1. The Bertz CT molecular complexity index is 565. The van der Waals surface area contributed by atoms with Gasteiger partial charge in [0.15, 0.2) is 0 Å². The van der Waals surface area contributed by atoms with E-state index in [2.05, 4.69) is 15.4 Å². The topological polar surface area (TPSA) is 106 Å². The molecule has 0 aliphatic carbocycles. The number of anilines is 1. The molecule has 22 heavy (non-hydrogen) atoms. The van der Waals surface area contributed by atoms with Gasteiger partial charge in [-0.05, 0) is 18.2 Å². The maximum atomic E-state index is 12.2. The van der Waals surface area contributed by atoms with Gasteiger partial charge in [0.1, 0.15) is 11.3 Å². The van der Waals surface area contributed by atoms with Crippen molar-refractivity contribution < 1.29 is 28.9 Å². The van der Waals surface area contributed by atoms with Crippen LogP contribution in [0.5, 0.6) is 5.75 Å². The lowest BCUT2D eigenvalue weighted by Crippen LogP contribution is -2.64. The van der Waals surface area contributed by atoms with E-state index >= 15 is 0 Å². The molecule has 0 saturated carbocycles. The van der Waals surface area contributed by atoms with Crippen LogP contribution < -0.4 is 15.4 Å². The second-order valence-electron chi connectivity index (χ2n) is 4.92. The lowest BCUT2D eigenvalue weighted by atomic mass is 9.98. The molecule has 1 aliphatic rings. The normalized spacial score (nSPS) is 15.4. The number of carbonyl (C=O) groups is 2. The van der Waals surface area contributed by atoms with Crippen molar-refractivity contribution in [2.24, 2.45) is 0 Å². The maximum absolute atomic E-state index is 12.2. The van der Waals surface area contributed by atoms with Gasteiger partial charge in [0.2, 0.25) is 0 Å². The van der Waals surface area contributed by atoms with Gasteiger partial charge in [0, 0.05) is 5.56 Å². The van der Waals surface area contributed by atoms with Crippen LogP contribution in [0.15, 0.2) is 18.2 Å². The van der Waals surface area contributed by atoms with E-state index < -0.39 is 11.6 Å². The summed E-state index contributed by atoms with van der Waals surface area (Å²) >= 11 is 0. The molecule has 1 saturated heterocycles. The van der Waals surface area contributed by atoms with Crippen molar-refractivity contribution in [1.82, 2.24) is 5.32 Å². The van der Waals surface area contributed by atoms with Crippen molar-refractivity contribution in [2.75, 3.05) is 39.4 Å². The Morgan fingerprint density at radius 1 is 1.36 bits per heavy atom. The number of rotatable bonds is 5. The molecule has 8 nitrogen and oxygen atoms in total. The first-order chi connectivity index (χ1) is 10.5. The molecule has 120 valence electrons. The van der Waals surface area contributed by atoms with Crippen LogP contribution in [-0.2, 0) is 9.47 Å². The molecular weight excluding hydrogens is 292 g/mol. The predicted octanol–water partition coefficient (Wildman–Crippen LogP) is 0.365. The highest BCUT2D eigenvalue weighted by molar-refractivity contribution is 5.96. The number of hydrogen-bond acceptors (Lipinski definition) is 6. The van der Waals surface area contributed by atoms with E-state index in [1.165, 1.54) is 32.4 Å². The van der Waals surface area contributed by atoms with E-state index in [1.54, 1.807) is 0 Å². The van der Waals surface area contributed by atoms with E-state index in [-0.39, 0.29) is 25.7 Å². The standard InChI is InChI=1S/C14H18N2O6/c1-20-11-5-9(3-4-10(11)15-13(19)21-2)12(18)16-14(6-17)7-22-8-14/h3-5,17H,6-8H2,1-2H3,(H,15,19)(H,16,18). The number of carbonyl (C=O) groups excluding carboxylic acids is 2. The summed E-state index contributed by atoms with van der Waals surface area (Å²) in [4.78, 5) is 23.5. The van der Waals surface area contributed by atoms with Crippen LogP contribution >= 0.6 is 0 Å². The summed E-state index contributed by atoms with van der Waals surface area (Å²) in [7, 11) is 2.67. The highest BCUT2D eigenvalue weighted by Crippen LogP contribution is 2.26. The van der Waals surface area contributed by atoms with Gasteiger partial charge in [-0.2, -0.15) is 0 Å². The van der Waals surface area contributed by atoms with Crippen molar-refractivity contribution in [3.05, 3.63) is 23.8 Å². The van der Waals surface area contributed by atoms with Crippen LogP contribution in [0.2, 0.25) is 0 Å². The van der Waals surface area contributed by atoms with Crippen molar-refractivity contribution in [1.29, 1.82) is 0 Å². The summed E-state index contributed by atoms with van der Waals surface area (Å²) in [5.74, 6) is -0.0405. The van der Waals surface area contributed by atoms with Crippen molar-refractivity contribution in [3.63, 3.8) is 0 Å². The van der Waals surface area contributed by atoms with Gasteiger partial charge in [-0.1, -0.05) is 0 Å². The smallest absolute Gasteiger partial charge is 0.411 e. The number of benzene rings is 1. The van der Waals surface area contributed by atoms with Crippen molar-refractivity contribution in [3.8, 4) is 5.75 Å². The summed E-state index contributed by atoms with van der Waals surface area (Å²) in [6.45, 7) is 0.348. The molecule has 0 spiro atoms. The zero-order valence-corrected chi connectivity index (χ0v) is 12.3. The van der Waals surface area contributed by atoms with Gasteiger partial charge in [-0.15, -0.1) is 0 Å². The largest absolute Gasteiger partial charge is 0.495 e. The Balaban J connectivity index is 2.14. The first-order valence-corrected chi connectivity index (χ1v) is 6.58.